The molecule has 1 fully saturated rings. The summed E-state index contributed by atoms with van der Waals surface area (Å²) < 4.78 is 13.2. The van der Waals surface area contributed by atoms with Crippen molar-refractivity contribution in [1.82, 2.24) is 4.90 Å². The van der Waals surface area contributed by atoms with Crippen LogP contribution >= 0.6 is 43.6 Å². The zero-order chi connectivity index (χ0) is 26.5. The van der Waals surface area contributed by atoms with Crippen molar-refractivity contribution in [3.8, 4) is 11.5 Å². The minimum absolute atomic E-state index is 0.00495. The van der Waals surface area contributed by atoms with Gasteiger partial charge in [-0.05, 0) is 93.8 Å². The second-order valence-corrected chi connectivity index (χ2v) is 10.6. The van der Waals surface area contributed by atoms with Gasteiger partial charge in [0, 0.05) is 16.6 Å². The van der Waals surface area contributed by atoms with Crippen LogP contribution in [0.15, 0.2) is 74.5 Å². The molecule has 0 radical (unpaired) electrons. The Bertz CT molecular complexity index is 1390. The maximum Gasteiger partial charge on any atom is 0.293 e. The molecule has 0 unspecified atom stereocenters. The van der Waals surface area contributed by atoms with Gasteiger partial charge < -0.3 is 9.47 Å². The Hall–Kier alpha value is -3.15. The fourth-order valence-electron chi connectivity index (χ4n) is 3.55. The van der Waals surface area contributed by atoms with Crippen LogP contribution in [0.1, 0.15) is 23.6 Å². The number of carbonyl (C=O) groups excluding carboxylic acids is 2. The van der Waals surface area contributed by atoms with Crippen molar-refractivity contribution in [2.75, 3.05) is 6.61 Å². The van der Waals surface area contributed by atoms with E-state index >= 15 is 0 Å². The van der Waals surface area contributed by atoms with Crippen molar-refractivity contribution in [2.45, 2.75) is 20.1 Å². The average Bonchev–Trinajstić information content (AvgIpc) is 3.11. The molecule has 190 valence electrons. The molecule has 3 aromatic rings. The number of amides is 2. The molecule has 1 aliphatic rings. The third-order valence-electron chi connectivity index (χ3n) is 5.26. The van der Waals surface area contributed by atoms with Gasteiger partial charge in [0.25, 0.3) is 16.8 Å². The van der Waals surface area contributed by atoms with Gasteiger partial charge in [-0.25, -0.2) is 0 Å². The Kier molecular flexibility index (Phi) is 8.67. The minimum Gasteiger partial charge on any atom is -0.490 e. The van der Waals surface area contributed by atoms with Gasteiger partial charge in [0.15, 0.2) is 11.5 Å². The largest absolute Gasteiger partial charge is 0.490 e. The molecule has 0 aliphatic carbocycles. The van der Waals surface area contributed by atoms with Crippen molar-refractivity contribution in [1.29, 1.82) is 0 Å². The van der Waals surface area contributed by atoms with E-state index in [0.29, 0.717) is 33.0 Å². The molecule has 1 saturated heterocycles. The number of carbonyl (C=O) groups is 2. The van der Waals surface area contributed by atoms with E-state index in [1.165, 1.54) is 17.0 Å². The van der Waals surface area contributed by atoms with Crippen LogP contribution in [0.5, 0.6) is 11.5 Å². The first kappa shape index (κ1) is 26.9. The highest BCUT2D eigenvalue weighted by Crippen LogP contribution is 2.40. The van der Waals surface area contributed by atoms with E-state index in [0.717, 1.165) is 27.4 Å². The Morgan fingerprint density at radius 2 is 1.78 bits per heavy atom. The fourth-order valence-corrected chi connectivity index (χ4v) is 5.41. The predicted molar refractivity (Wildman–Crippen MR) is 148 cm³/mol. The van der Waals surface area contributed by atoms with Crippen molar-refractivity contribution in [3.05, 3.63) is 101 Å². The third kappa shape index (κ3) is 6.60. The smallest absolute Gasteiger partial charge is 0.293 e. The minimum atomic E-state index is -0.456. The van der Waals surface area contributed by atoms with Crippen LogP contribution in [-0.4, -0.2) is 27.6 Å². The SMILES string of the molecule is CCOc1cc(/C=C2/SC(=O)N(Cc3cccc(Br)c3)C2=O)cc(Br)c1OCc1ccc([N+](=O)[O-])cc1. The van der Waals surface area contributed by atoms with Crippen LogP contribution in [0.25, 0.3) is 6.08 Å². The molecule has 0 N–H and O–H groups in total. The zero-order valence-corrected chi connectivity index (χ0v) is 23.5. The van der Waals surface area contributed by atoms with Gasteiger partial charge >= 0.3 is 0 Å². The van der Waals surface area contributed by atoms with E-state index in [9.17, 15) is 19.7 Å². The van der Waals surface area contributed by atoms with Gasteiger partial charge in [0.1, 0.15) is 6.61 Å². The number of benzene rings is 3. The van der Waals surface area contributed by atoms with Crippen molar-refractivity contribution in [2.24, 2.45) is 0 Å². The normalized spacial score (nSPS) is 14.4. The zero-order valence-electron chi connectivity index (χ0n) is 19.5. The third-order valence-corrected chi connectivity index (χ3v) is 7.25. The topological polar surface area (TPSA) is 99.0 Å². The van der Waals surface area contributed by atoms with Crippen LogP contribution < -0.4 is 9.47 Å². The van der Waals surface area contributed by atoms with E-state index < -0.39 is 4.92 Å². The number of nitrogens with zero attached hydrogens (tertiary/aromatic N) is 2. The van der Waals surface area contributed by atoms with E-state index in [1.54, 1.807) is 30.3 Å². The maximum atomic E-state index is 13.0. The summed E-state index contributed by atoms with van der Waals surface area (Å²) in [6, 6.07) is 17.1. The van der Waals surface area contributed by atoms with Gasteiger partial charge in [0.2, 0.25) is 0 Å². The molecule has 0 aromatic heterocycles. The lowest BCUT2D eigenvalue weighted by molar-refractivity contribution is -0.384. The lowest BCUT2D eigenvalue weighted by Crippen LogP contribution is -2.27. The summed E-state index contributed by atoms with van der Waals surface area (Å²) in [5.41, 5.74) is 2.26. The first-order valence-electron chi connectivity index (χ1n) is 11.1. The molecular formula is C26H20Br2N2O6S. The Morgan fingerprint density at radius 3 is 2.46 bits per heavy atom. The number of hydrogen-bond donors (Lipinski definition) is 0. The number of nitro benzene ring substituents is 1. The lowest BCUT2D eigenvalue weighted by Gasteiger charge is -2.15. The second-order valence-electron chi connectivity index (χ2n) is 7.87. The van der Waals surface area contributed by atoms with Crippen molar-refractivity contribution in [3.63, 3.8) is 0 Å². The monoisotopic (exact) mass is 646 g/mol. The Labute approximate surface area is 234 Å². The molecule has 37 heavy (non-hydrogen) atoms. The van der Waals surface area contributed by atoms with Gasteiger partial charge in [-0.2, -0.15) is 0 Å². The van der Waals surface area contributed by atoms with Crippen LogP contribution in [0.4, 0.5) is 10.5 Å². The maximum absolute atomic E-state index is 13.0. The standard InChI is InChI=1S/C26H20Br2N2O6S/c1-2-35-22-12-18(11-21(28)24(22)36-15-16-6-8-20(9-7-16)30(33)34)13-23-25(31)29(26(32)37-23)14-17-4-3-5-19(27)10-17/h3-13H,2,14-15H2,1H3/b23-13+. The van der Waals surface area contributed by atoms with Crippen LogP contribution in [-0.2, 0) is 17.9 Å². The molecule has 0 saturated carbocycles. The molecule has 4 rings (SSSR count). The van der Waals surface area contributed by atoms with Gasteiger partial charge in [-0.15, -0.1) is 0 Å². The van der Waals surface area contributed by atoms with Crippen LogP contribution in [0, 0.1) is 10.1 Å². The average molecular weight is 648 g/mol. The summed E-state index contributed by atoms with van der Waals surface area (Å²) in [5.74, 6) is 0.557. The number of non-ortho nitro benzene ring substituents is 1. The van der Waals surface area contributed by atoms with Gasteiger partial charge in [-0.3, -0.25) is 24.6 Å². The Morgan fingerprint density at radius 1 is 1.03 bits per heavy atom. The Balaban J connectivity index is 1.53. The number of hydrogen-bond acceptors (Lipinski definition) is 7. The molecule has 0 atom stereocenters. The molecule has 1 aliphatic heterocycles. The van der Waals surface area contributed by atoms with Gasteiger partial charge in [-0.1, -0.05) is 28.1 Å². The highest BCUT2D eigenvalue weighted by Gasteiger charge is 2.35. The predicted octanol–water partition coefficient (Wildman–Crippen LogP) is 7.33. The van der Waals surface area contributed by atoms with Crippen molar-refractivity contribution < 1.29 is 24.0 Å². The summed E-state index contributed by atoms with van der Waals surface area (Å²) in [5, 5.41) is 10.5. The fraction of sp³-hybridized carbons (Fsp3) is 0.154. The summed E-state index contributed by atoms with van der Waals surface area (Å²) in [6.45, 7) is 2.58. The van der Waals surface area contributed by atoms with Crippen LogP contribution in [0.2, 0.25) is 0 Å². The number of rotatable bonds is 9. The summed E-state index contributed by atoms with van der Waals surface area (Å²) >= 11 is 7.81. The molecule has 8 nitrogen and oxygen atoms in total. The molecule has 11 heteroatoms. The highest BCUT2D eigenvalue weighted by atomic mass is 79.9. The number of thioether (sulfide) groups is 1. The summed E-state index contributed by atoms with van der Waals surface area (Å²) in [7, 11) is 0. The molecular weight excluding hydrogens is 628 g/mol. The molecule has 0 spiro atoms. The van der Waals surface area contributed by atoms with Gasteiger partial charge in [0.05, 0.1) is 27.5 Å². The van der Waals surface area contributed by atoms with Crippen LogP contribution in [0.3, 0.4) is 0 Å². The van der Waals surface area contributed by atoms with E-state index in [1.807, 2.05) is 31.2 Å². The molecule has 1 heterocycles. The number of ether oxygens (including phenoxy) is 2. The number of nitro groups is 1. The van der Waals surface area contributed by atoms with E-state index in [4.69, 9.17) is 9.47 Å². The number of halogens is 2. The molecule has 0 bridgehead atoms. The summed E-state index contributed by atoms with van der Waals surface area (Å²) in [6.07, 6.45) is 1.65. The van der Waals surface area contributed by atoms with Crippen molar-refractivity contribution >= 4 is 66.5 Å². The quantitative estimate of drug-likeness (QED) is 0.136. The summed E-state index contributed by atoms with van der Waals surface area (Å²) in [4.78, 5) is 37.5. The lowest BCUT2D eigenvalue weighted by atomic mass is 10.1. The molecule has 2 amide bonds. The second kappa shape index (κ2) is 11.9. The first-order chi connectivity index (χ1) is 17.7. The highest BCUT2D eigenvalue weighted by molar-refractivity contribution is 9.10. The molecule has 3 aromatic carbocycles. The number of imide groups is 1. The van der Waals surface area contributed by atoms with E-state index in [-0.39, 0.29) is 30.0 Å². The van der Waals surface area contributed by atoms with E-state index in [2.05, 4.69) is 31.9 Å². The first-order valence-corrected chi connectivity index (χ1v) is 13.5.